The van der Waals surface area contributed by atoms with Crippen LogP contribution in [0.1, 0.15) is 41.5 Å². The van der Waals surface area contributed by atoms with Crippen LogP contribution < -0.4 is 4.74 Å². The third kappa shape index (κ3) is 3.88. The van der Waals surface area contributed by atoms with E-state index in [-0.39, 0.29) is 29.8 Å². The molecule has 1 amide bonds. The smallest absolute Gasteiger partial charge is 0.416 e. The Hall–Kier alpha value is -3.90. The summed E-state index contributed by atoms with van der Waals surface area (Å²) in [6.07, 6.45) is 0.0788. The first kappa shape index (κ1) is 28.2. The Morgan fingerprint density at radius 1 is 1.33 bits per heavy atom. The van der Waals surface area contributed by atoms with Gasteiger partial charge in [0.05, 0.1) is 33.6 Å². The van der Waals surface area contributed by atoms with Crippen LogP contribution in [0.3, 0.4) is 0 Å². The van der Waals surface area contributed by atoms with Crippen molar-refractivity contribution in [1.29, 1.82) is 0 Å². The minimum atomic E-state index is -4.52. The maximum absolute atomic E-state index is 13.4. The summed E-state index contributed by atoms with van der Waals surface area (Å²) in [5.74, 6) is -0.775. The van der Waals surface area contributed by atoms with E-state index >= 15 is 0 Å². The highest BCUT2D eigenvalue weighted by atomic mass is 19.4. The quantitative estimate of drug-likeness (QED) is 0.226. The minimum Gasteiger partial charge on any atom is -0.504 e. The molecule has 9 nitrogen and oxygen atoms in total. The molecule has 4 aliphatic rings. The maximum atomic E-state index is 13.4. The fraction of sp³-hybridized carbons (Fsp3) is 0.433. The number of aliphatic hydroxyl groups is 1. The van der Waals surface area contributed by atoms with Gasteiger partial charge >= 0.3 is 6.18 Å². The lowest BCUT2D eigenvalue weighted by Crippen LogP contribution is -2.78. The van der Waals surface area contributed by atoms with E-state index in [0.29, 0.717) is 37.1 Å². The number of phenolic OH excluding ortho intramolecular Hbond substituents is 1. The molecule has 2 aromatic carbocycles. The summed E-state index contributed by atoms with van der Waals surface area (Å²) < 4.78 is 45.8. The highest BCUT2D eigenvalue weighted by Gasteiger charge is 2.74. The highest BCUT2D eigenvalue weighted by molar-refractivity contribution is 5.92. The van der Waals surface area contributed by atoms with Crippen LogP contribution in [0.5, 0.6) is 11.5 Å². The molecule has 222 valence electrons. The molecular weight excluding hydrogens is 555 g/mol. The van der Waals surface area contributed by atoms with Crippen molar-refractivity contribution in [1.82, 2.24) is 9.80 Å². The van der Waals surface area contributed by atoms with E-state index < -0.39 is 57.5 Å². The van der Waals surface area contributed by atoms with Gasteiger partial charge in [-0.2, -0.15) is 13.2 Å². The van der Waals surface area contributed by atoms with Gasteiger partial charge in [-0.1, -0.05) is 18.2 Å². The van der Waals surface area contributed by atoms with E-state index in [4.69, 9.17) is 4.74 Å². The second-order valence-electron chi connectivity index (χ2n) is 11.6. The third-order valence-corrected chi connectivity index (χ3v) is 9.68. The summed E-state index contributed by atoms with van der Waals surface area (Å²) in [5, 5.41) is 35.4. The standard InChI is InChI=1S/C30H30F3N3O6/c1-3-12-35-13-11-28-25-19-15-23(35)29(28,39)10-9-20(27(28)42-26(25)22(37)16-21(19)36(40)41)34(2)24(38)8-7-17-5-4-6-18(14-17)30(31,32)33/h3-8,14,16,20,23,27,37,39H,1,9-13,15H2,2H3/t20-,23-,27+,28+,29-/m1/s1. The molecule has 6 rings (SSSR count). The van der Waals surface area contributed by atoms with Crippen molar-refractivity contribution in [2.75, 3.05) is 20.1 Å². The van der Waals surface area contributed by atoms with Gasteiger partial charge in [0, 0.05) is 36.8 Å². The molecule has 0 radical (unpaired) electrons. The first-order chi connectivity index (χ1) is 19.8. The number of phenols is 1. The van der Waals surface area contributed by atoms with Gasteiger partial charge in [-0.15, -0.1) is 6.58 Å². The molecule has 0 unspecified atom stereocenters. The van der Waals surface area contributed by atoms with Gasteiger partial charge in [-0.05, 0) is 56.0 Å². The summed E-state index contributed by atoms with van der Waals surface area (Å²) in [5.41, 5.74) is -2.47. The van der Waals surface area contributed by atoms with E-state index in [9.17, 15) is 38.3 Å². The van der Waals surface area contributed by atoms with E-state index in [0.717, 1.165) is 18.2 Å². The van der Waals surface area contributed by atoms with Crippen molar-refractivity contribution < 1.29 is 37.8 Å². The zero-order chi connectivity index (χ0) is 30.2. The molecule has 5 atom stereocenters. The first-order valence-corrected chi connectivity index (χ1v) is 13.7. The van der Waals surface area contributed by atoms with Crippen LogP contribution in [0.4, 0.5) is 18.9 Å². The number of likely N-dealkylation sites (N-methyl/N-ethyl adjacent to an activating group) is 1. The fourth-order valence-electron chi connectivity index (χ4n) is 7.88. The Bertz CT molecular complexity index is 1530. The number of benzene rings is 2. The normalized spacial score (nSPS) is 29.6. The summed E-state index contributed by atoms with van der Waals surface area (Å²) in [6, 6.07) is 4.66. The molecule has 1 spiro atoms. The van der Waals surface area contributed by atoms with Gasteiger partial charge in [-0.3, -0.25) is 19.8 Å². The van der Waals surface area contributed by atoms with Gasteiger partial charge in [0.2, 0.25) is 5.91 Å². The Balaban J connectivity index is 1.39. The van der Waals surface area contributed by atoms with Crippen molar-refractivity contribution in [2.45, 2.75) is 61.1 Å². The lowest BCUT2D eigenvalue weighted by Gasteiger charge is -2.64. The second-order valence-corrected chi connectivity index (χ2v) is 11.6. The molecular formula is C30H30F3N3O6. The average Bonchev–Trinajstić information content (AvgIpc) is 3.29. The molecule has 1 saturated carbocycles. The molecule has 2 heterocycles. The Labute approximate surface area is 239 Å². The molecule has 0 aromatic heterocycles. The molecule has 2 fully saturated rings. The van der Waals surface area contributed by atoms with Crippen LogP contribution in [-0.4, -0.2) is 74.8 Å². The molecule has 42 heavy (non-hydrogen) atoms. The van der Waals surface area contributed by atoms with Crippen LogP contribution in [0.2, 0.25) is 0 Å². The van der Waals surface area contributed by atoms with Gasteiger partial charge < -0.3 is 19.8 Å². The number of hydrogen-bond acceptors (Lipinski definition) is 7. The number of nitro benzene ring substituents is 1. The Morgan fingerprint density at radius 2 is 2.10 bits per heavy atom. The number of halogens is 3. The largest absolute Gasteiger partial charge is 0.504 e. The van der Waals surface area contributed by atoms with Gasteiger partial charge in [0.15, 0.2) is 11.5 Å². The molecule has 12 heteroatoms. The molecule has 2 aromatic rings. The van der Waals surface area contributed by atoms with Crippen LogP contribution in [0.25, 0.3) is 6.08 Å². The zero-order valence-electron chi connectivity index (χ0n) is 22.8. The van der Waals surface area contributed by atoms with Gasteiger partial charge in [-0.25, -0.2) is 0 Å². The van der Waals surface area contributed by atoms with E-state index in [1.807, 2.05) is 0 Å². The van der Waals surface area contributed by atoms with Gasteiger partial charge in [0.25, 0.3) is 5.69 Å². The molecule has 1 saturated heterocycles. The summed E-state index contributed by atoms with van der Waals surface area (Å²) in [4.78, 5) is 28.4. The molecule has 2 bridgehead atoms. The lowest BCUT2D eigenvalue weighted by molar-refractivity contribution is -0.386. The number of ether oxygens (including phenoxy) is 1. The van der Waals surface area contributed by atoms with Crippen molar-refractivity contribution in [3.8, 4) is 11.5 Å². The number of carbonyl (C=O) groups excluding carboxylic acids is 1. The number of carbonyl (C=O) groups is 1. The predicted octanol–water partition coefficient (Wildman–Crippen LogP) is 4.20. The molecule has 2 aliphatic heterocycles. The monoisotopic (exact) mass is 585 g/mol. The lowest BCUT2D eigenvalue weighted by atomic mass is 9.48. The minimum absolute atomic E-state index is 0.0990. The molecule has 2 N–H and O–H groups in total. The van der Waals surface area contributed by atoms with Crippen LogP contribution >= 0.6 is 0 Å². The first-order valence-electron chi connectivity index (χ1n) is 13.7. The van der Waals surface area contributed by atoms with Crippen molar-refractivity contribution in [3.05, 3.63) is 81.4 Å². The number of likely N-dealkylation sites (tertiary alicyclic amines) is 1. The van der Waals surface area contributed by atoms with Crippen LogP contribution in [0, 0.1) is 10.1 Å². The SMILES string of the molecule is C=CCN1CC[C@]23c4c5c([N+](=O)[O-])cc(O)c4O[C@H]2[C@H](N(C)C(=O)C=Cc2cccc(C(F)(F)F)c2)CC[C@@]3(O)[C@H]1C5. The maximum Gasteiger partial charge on any atom is 0.416 e. The second kappa shape index (κ2) is 9.56. The van der Waals surface area contributed by atoms with Crippen molar-refractivity contribution in [2.24, 2.45) is 0 Å². The average molecular weight is 586 g/mol. The predicted molar refractivity (Wildman–Crippen MR) is 146 cm³/mol. The number of aromatic hydroxyl groups is 1. The van der Waals surface area contributed by atoms with E-state index in [1.165, 1.54) is 29.2 Å². The Kier molecular flexibility index (Phi) is 6.43. The number of hydrogen-bond donors (Lipinski definition) is 2. The fourth-order valence-corrected chi connectivity index (χ4v) is 7.88. The molecule has 2 aliphatic carbocycles. The van der Waals surface area contributed by atoms with Crippen LogP contribution in [-0.2, 0) is 22.8 Å². The topological polar surface area (TPSA) is 116 Å². The highest BCUT2D eigenvalue weighted by Crippen LogP contribution is 2.67. The summed E-state index contributed by atoms with van der Waals surface area (Å²) >= 11 is 0. The number of nitro groups is 1. The summed E-state index contributed by atoms with van der Waals surface area (Å²) in [7, 11) is 1.56. The number of amides is 1. The Morgan fingerprint density at radius 3 is 2.79 bits per heavy atom. The van der Waals surface area contributed by atoms with Crippen molar-refractivity contribution in [3.63, 3.8) is 0 Å². The van der Waals surface area contributed by atoms with Gasteiger partial charge in [0.1, 0.15) is 6.10 Å². The third-order valence-electron chi connectivity index (χ3n) is 9.68. The van der Waals surface area contributed by atoms with E-state index in [2.05, 4.69) is 11.5 Å². The van der Waals surface area contributed by atoms with E-state index in [1.54, 1.807) is 13.1 Å². The van der Waals surface area contributed by atoms with Crippen molar-refractivity contribution >= 4 is 17.7 Å². The number of alkyl halides is 3. The van der Waals surface area contributed by atoms with Crippen LogP contribution in [0.15, 0.2) is 49.1 Å². The summed E-state index contributed by atoms with van der Waals surface area (Å²) in [6.45, 7) is 4.85. The number of nitrogens with zero attached hydrogens (tertiary/aromatic N) is 3. The number of rotatable bonds is 6. The number of piperidine rings is 1. The zero-order valence-corrected chi connectivity index (χ0v) is 22.8.